The topological polar surface area (TPSA) is 75.6 Å². The van der Waals surface area contributed by atoms with Gasteiger partial charge in [-0.2, -0.15) is 0 Å². The molecule has 45 heavy (non-hydrogen) atoms. The van der Waals surface area contributed by atoms with Gasteiger partial charge < -0.3 is 33.5 Å². The number of rotatable bonds is 17. The van der Waals surface area contributed by atoms with Crippen LogP contribution >= 0.6 is 0 Å². The zero-order valence-corrected chi connectivity index (χ0v) is 29.0. The fourth-order valence-corrected chi connectivity index (χ4v) is 5.87. The third-order valence-corrected chi connectivity index (χ3v) is 8.29. The number of hydrogen-bond acceptors (Lipinski definition) is 7. The standard InChI is InChI=1S/C38H54O7/c1-11-26(20-37(2,3)4)27-12-14-34(15-13-27)44-25-45-36-30(23-42-9)18-33(19-31(36)24-43-10)38(5,6)32-16-28(21-40-7)35(39)29(17-32)22-41-8/h12-19,26,39H,11,20-25H2,1-10H3. The lowest BCUT2D eigenvalue weighted by atomic mass is 9.76. The Kier molecular flexibility index (Phi) is 13.3. The van der Waals surface area contributed by atoms with Crippen LogP contribution in [0.2, 0.25) is 0 Å². The Bertz CT molecular complexity index is 1300. The molecule has 0 aliphatic heterocycles. The van der Waals surface area contributed by atoms with Crippen molar-refractivity contribution in [2.24, 2.45) is 5.41 Å². The van der Waals surface area contributed by atoms with Gasteiger partial charge in [0.2, 0.25) is 6.79 Å². The molecule has 3 aromatic rings. The van der Waals surface area contributed by atoms with Crippen LogP contribution in [0, 0.1) is 5.41 Å². The molecule has 1 atom stereocenters. The highest BCUT2D eigenvalue weighted by molar-refractivity contribution is 5.52. The van der Waals surface area contributed by atoms with E-state index in [9.17, 15) is 5.11 Å². The van der Waals surface area contributed by atoms with E-state index < -0.39 is 5.41 Å². The van der Waals surface area contributed by atoms with Crippen LogP contribution in [-0.2, 0) is 50.8 Å². The molecular weight excluding hydrogens is 568 g/mol. The van der Waals surface area contributed by atoms with E-state index in [1.54, 1.807) is 28.4 Å². The van der Waals surface area contributed by atoms with Crippen LogP contribution < -0.4 is 9.47 Å². The summed E-state index contributed by atoms with van der Waals surface area (Å²) in [5.41, 5.74) is 6.49. The molecule has 7 nitrogen and oxygen atoms in total. The van der Waals surface area contributed by atoms with Crippen molar-refractivity contribution in [2.75, 3.05) is 35.2 Å². The molecule has 7 heteroatoms. The molecule has 0 saturated heterocycles. The van der Waals surface area contributed by atoms with Gasteiger partial charge in [0.05, 0.1) is 26.4 Å². The van der Waals surface area contributed by atoms with Gasteiger partial charge >= 0.3 is 0 Å². The predicted octanol–water partition coefficient (Wildman–Crippen LogP) is 8.65. The second kappa shape index (κ2) is 16.5. The SMILES string of the molecule is CCC(CC(C)(C)C)c1ccc(OCOc2c(COC)cc(C(C)(C)c3cc(COC)c(O)c(COC)c3)cc2COC)cc1. The molecular formula is C38H54O7. The predicted molar refractivity (Wildman–Crippen MR) is 179 cm³/mol. The van der Waals surface area contributed by atoms with Crippen LogP contribution in [0.5, 0.6) is 17.2 Å². The number of phenols is 1. The molecule has 0 aliphatic rings. The molecule has 0 bridgehead atoms. The summed E-state index contributed by atoms with van der Waals surface area (Å²) < 4.78 is 34.3. The Morgan fingerprint density at radius 3 is 1.51 bits per heavy atom. The Balaban J connectivity index is 1.90. The lowest BCUT2D eigenvalue weighted by Crippen LogP contribution is -2.21. The maximum Gasteiger partial charge on any atom is 0.230 e. The second-order valence-electron chi connectivity index (χ2n) is 13.5. The average Bonchev–Trinajstić information content (AvgIpc) is 2.99. The van der Waals surface area contributed by atoms with Gasteiger partial charge in [-0.3, -0.25) is 0 Å². The molecule has 0 aliphatic carbocycles. The van der Waals surface area contributed by atoms with Crippen LogP contribution in [0.25, 0.3) is 0 Å². The summed E-state index contributed by atoms with van der Waals surface area (Å²) in [6.07, 6.45) is 2.24. The molecule has 0 heterocycles. The first-order valence-electron chi connectivity index (χ1n) is 15.7. The molecule has 0 fully saturated rings. The summed E-state index contributed by atoms with van der Waals surface area (Å²) in [7, 11) is 6.59. The highest BCUT2D eigenvalue weighted by atomic mass is 16.7. The van der Waals surface area contributed by atoms with E-state index in [2.05, 4.69) is 65.8 Å². The van der Waals surface area contributed by atoms with E-state index in [0.717, 1.165) is 40.8 Å². The van der Waals surface area contributed by atoms with Crippen molar-refractivity contribution in [1.29, 1.82) is 0 Å². The molecule has 1 N–H and O–H groups in total. The minimum absolute atomic E-state index is 0.0490. The average molecular weight is 623 g/mol. The van der Waals surface area contributed by atoms with Crippen LogP contribution in [0.1, 0.15) is 99.2 Å². The van der Waals surface area contributed by atoms with E-state index in [0.29, 0.717) is 49.2 Å². The Labute approximate surface area is 270 Å². The summed E-state index contributed by atoms with van der Waals surface area (Å²) in [6, 6.07) is 16.6. The van der Waals surface area contributed by atoms with Crippen LogP contribution in [0.15, 0.2) is 48.5 Å². The highest BCUT2D eigenvalue weighted by Gasteiger charge is 2.28. The normalized spacial score (nSPS) is 12.8. The maximum absolute atomic E-state index is 10.8. The van der Waals surface area contributed by atoms with Gasteiger partial charge in [0.1, 0.15) is 17.2 Å². The van der Waals surface area contributed by atoms with Crippen LogP contribution in [0.4, 0.5) is 0 Å². The molecule has 248 valence electrons. The first kappa shape index (κ1) is 36.4. The number of ether oxygens (including phenoxy) is 6. The van der Waals surface area contributed by atoms with E-state index in [1.807, 2.05) is 24.3 Å². The van der Waals surface area contributed by atoms with Gasteiger partial charge in [-0.1, -0.05) is 53.7 Å². The van der Waals surface area contributed by atoms with Crippen molar-refractivity contribution in [3.05, 3.63) is 87.5 Å². The summed E-state index contributed by atoms with van der Waals surface area (Å²) in [5, 5.41) is 10.8. The lowest BCUT2D eigenvalue weighted by Gasteiger charge is -2.30. The molecule has 3 rings (SSSR count). The van der Waals surface area contributed by atoms with Gasteiger partial charge in [0.25, 0.3) is 0 Å². The van der Waals surface area contributed by atoms with Crippen LogP contribution in [0.3, 0.4) is 0 Å². The smallest absolute Gasteiger partial charge is 0.230 e. The monoisotopic (exact) mass is 622 g/mol. The third kappa shape index (κ3) is 9.69. The number of hydrogen-bond donors (Lipinski definition) is 1. The van der Waals surface area contributed by atoms with E-state index in [1.165, 1.54) is 5.56 Å². The fourth-order valence-electron chi connectivity index (χ4n) is 5.87. The fraction of sp³-hybridized carbons (Fsp3) is 0.526. The number of phenolic OH excluding ortho intramolecular Hbond substituents is 1. The van der Waals surface area contributed by atoms with Crippen molar-refractivity contribution >= 4 is 0 Å². The Hall–Kier alpha value is -3.10. The minimum Gasteiger partial charge on any atom is -0.507 e. The van der Waals surface area contributed by atoms with Gasteiger partial charge in [-0.25, -0.2) is 0 Å². The Morgan fingerprint density at radius 1 is 0.644 bits per heavy atom. The van der Waals surface area contributed by atoms with Gasteiger partial charge in [-0.15, -0.1) is 0 Å². The van der Waals surface area contributed by atoms with Crippen molar-refractivity contribution in [3.8, 4) is 17.2 Å². The molecule has 0 amide bonds. The van der Waals surface area contributed by atoms with Crippen molar-refractivity contribution in [3.63, 3.8) is 0 Å². The largest absolute Gasteiger partial charge is 0.507 e. The van der Waals surface area contributed by atoms with Crippen molar-refractivity contribution < 1.29 is 33.5 Å². The summed E-state index contributed by atoms with van der Waals surface area (Å²) in [5.74, 6) is 2.17. The molecule has 0 saturated carbocycles. The molecule has 3 aromatic carbocycles. The zero-order chi connectivity index (χ0) is 33.2. The Morgan fingerprint density at radius 2 is 1.09 bits per heavy atom. The van der Waals surface area contributed by atoms with Crippen molar-refractivity contribution in [2.45, 2.75) is 92.1 Å². The lowest BCUT2D eigenvalue weighted by molar-refractivity contribution is 0.108. The summed E-state index contributed by atoms with van der Waals surface area (Å²) in [4.78, 5) is 0. The number of aromatic hydroxyl groups is 1. The third-order valence-electron chi connectivity index (χ3n) is 8.29. The number of benzene rings is 3. The van der Waals surface area contributed by atoms with Crippen LogP contribution in [-0.4, -0.2) is 40.3 Å². The minimum atomic E-state index is -0.441. The number of methoxy groups -OCH3 is 4. The van der Waals surface area contributed by atoms with Gasteiger partial charge in [-0.05, 0) is 77.3 Å². The molecule has 1 unspecified atom stereocenters. The molecule has 0 radical (unpaired) electrons. The second-order valence-corrected chi connectivity index (χ2v) is 13.5. The molecule has 0 aromatic heterocycles. The van der Waals surface area contributed by atoms with Gasteiger partial charge in [0, 0.05) is 56.1 Å². The summed E-state index contributed by atoms with van der Waals surface area (Å²) >= 11 is 0. The first-order chi connectivity index (χ1) is 21.4. The zero-order valence-electron chi connectivity index (χ0n) is 29.0. The van der Waals surface area contributed by atoms with E-state index >= 15 is 0 Å². The van der Waals surface area contributed by atoms with E-state index in [-0.39, 0.29) is 18.0 Å². The molecule has 0 spiro atoms. The van der Waals surface area contributed by atoms with Gasteiger partial charge in [0.15, 0.2) is 0 Å². The first-order valence-corrected chi connectivity index (χ1v) is 15.7. The summed E-state index contributed by atoms with van der Waals surface area (Å²) in [6.45, 7) is 14.8. The van der Waals surface area contributed by atoms with Crippen molar-refractivity contribution in [1.82, 2.24) is 0 Å². The highest BCUT2D eigenvalue weighted by Crippen LogP contribution is 2.40. The maximum atomic E-state index is 10.8. The quantitative estimate of drug-likeness (QED) is 0.151. The van der Waals surface area contributed by atoms with E-state index in [4.69, 9.17) is 28.4 Å².